The van der Waals surface area contributed by atoms with E-state index < -0.39 is 0 Å². The standard InChI is InChI=1S/C14H18N2S/c1-10(2)14-16-12(13(15)17-14)9-8-11-6-4-3-5-7-11/h3-7,10H,8-9,15H2,1-2H3. The first-order valence-corrected chi connectivity index (χ1v) is 6.77. The van der Waals surface area contributed by atoms with E-state index in [2.05, 4.69) is 43.1 Å². The van der Waals surface area contributed by atoms with Gasteiger partial charge in [0.2, 0.25) is 0 Å². The summed E-state index contributed by atoms with van der Waals surface area (Å²) >= 11 is 1.62. The van der Waals surface area contributed by atoms with Crippen molar-refractivity contribution in [2.75, 3.05) is 5.73 Å². The van der Waals surface area contributed by atoms with Crippen LogP contribution >= 0.6 is 11.3 Å². The molecule has 0 unspecified atom stereocenters. The average Bonchev–Trinajstić information content (AvgIpc) is 2.70. The van der Waals surface area contributed by atoms with Gasteiger partial charge in [0.05, 0.1) is 10.7 Å². The van der Waals surface area contributed by atoms with E-state index in [9.17, 15) is 0 Å². The summed E-state index contributed by atoms with van der Waals surface area (Å²) in [6.45, 7) is 4.30. The van der Waals surface area contributed by atoms with Gasteiger partial charge in [0.1, 0.15) is 5.00 Å². The number of hydrogen-bond donors (Lipinski definition) is 1. The predicted molar refractivity (Wildman–Crippen MR) is 74.5 cm³/mol. The Morgan fingerprint density at radius 3 is 2.47 bits per heavy atom. The number of hydrogen-bond acceptors (Lipinski definition) is 3. The molecule has 2 nitrogen and oxygen atoms in total. The molecule has 17 heavy (non-hydrogen) atoms. The molecule has 2 N–H and O–H groups in total. The van der Waals surface area contributed by atoms with Crippen LogP contribution in [0.25, 0.3) is 0 Å². The van der Waals surface area contributed by atoms with E-state index in [0.29, 0.717) is 5.92 Å². The molecule has 0 aliphatic carbocycles. The number of aryl methyl sites for hydroxylation is 2. The molecule has 0 aliphatic rings. The minimum Gasteiger partial charge on any atom is -0.389 e. The lowest BCUT2D eigenvalue weighted by Crippen LogP contribution is -1.96. The molecule has 1 heterocycles. The summed E-state index contributed by atoms with van der Waals surface area (Å²) in [5, 5.41) is 2.02. The molecule has 0 aliphatic heterocycles. The summed E-state index contributed by atoms with van der Waals surface area (Å²) in [5.74, 6) is 0.466. The second-order valence-corrected chi connectivity index (χ2v) is 5.57. The molecule has 0 saturated carbocycles. The highest BCUT2D eigenvalue weighted by Crippen LogP contribution is 2.27. The number of nitrogens with two attached hydrogens (primary N) is 1. The third-order valence-electron chi connectivity index (χ3n) is 2.73. The Kier molecular flexibility index (Phi) is 3.79. The third-order valence-corrected chi connectivity index (χ3v) is 3.96. The number of anilines is 1. The molecule has 3 heteroatoms. The number of benzene rings is 1. The van der Waals surface area contributed by atoms with Gasteiger partial charge < -0.3 is 5.73 Å². The van der Waals surface area contributed by atoms with Gasteiger partial charge in [-0.1, -0.05) is 44.2 Å². The van der Waals surface area contributed by atoms with Crippen molar-refractivity contribution in [1.82, 2.24) is 4.98 Å². The van der Waals surface area contributed by atoms with Crippen LogP contribution in [-0.2, 0) is 12.8 Å². The maximum atomic E-state index is 6.00. The van der Waals surface area contributed by atoms with Gasteiger partial charge in [-0.25, -0.2) is 4.98 Å². The molecule has 0 saturated heterocycles. The van der Waals surface area contributed by atoms with Crippen LogP contribution in [-0.4, -0.2) is 4.98 Å². The first-order chi connectivity index (χ1) is 8.16. The van der Waals surface area contributed by atoms with Crippen LogP contribution in [0.4, 0.5) is 5.00 Å². The first kappa shape index (κ1) is 12.1. The Bertz CT molecular complexity index is 474. The summed E-state index contributed by atoms with van der Waals surface area (Å²) in [6.07, 6.45) is 1.94. The largest absolute Gasteiger partial charge is 0.389 e. The normalized spacial score (nSPS) is 11.0. The predicted octanol–water partition coefficient (Wildman–Crippen LogP) is 3.63. The van der Waals surface area contributed by atoms with Crippen LogP contribution in [0.5, 0.6) is 0 Å². The summed E-state index contributed by atoms with van der Waals surface area (Å²) in [7, 11) is 0. The van der Waals surface area contributed by atoms with Gasteiger partial charge in [0, 0.05) is 5.92 Å². The molecule has 1 aromatic heterocycles. The van der Waals surface area contributed by atoms with Crippen LogP contribution in [0.2, 0.25) is 0 Å². The quantitative estimate of drug-likeness (QED) is 0.894. The Morgan fingerprint density at radius 2 is 1.88 bits per heavy atom. The van der Waals surface area contributed by atoms with Crippen LogP contribution in [0.15, 0.2) is 30.3 Å². The number of aromatic nitrogens is 1. The van der Waals surface area contributed by atoms with E-state index in [1.54, 1.807) is 11.3 Å². The van der Waals surface area contributed by atoms with Crippen molar-refractivity contribution >= 4 is 16.3 Å². The Balaban J connectivity index is 2.04. The number of nitrogens with zero attached hydrogens (tertiary/aromatic N) is 1. The topological polar surface area (TPSA) is 38.9 Å². The Labute approximate surface area is 107 Å². The van der Waals surface area contributed by atoms with Crippen molar-refractivity contribution in [1.29, 1.82) is 0 Å². The lowest BCUT2D eigenvalue weighted by molar-refractivity contribution is 0.830. The van der Waals surface area contributed by atoms with E-state index >= 15 is 0 Å². The van der Waals surface area contributed by atoms with Crippen molar-refractivity contribution in [2.45, 2.75) is 32.6 Å². The van der Waals surface area contributed by atoms with E-state index in [4.69, 9.17) is 5.73 Å². The van der Waals surface area contributed by atoms with E-state index in [1.807, 2.05) is 6.07 Å². The molecule has 2 rings (SSSR count). The first-order valence-electron chi connectivity index (χ1n) is 5.96. The van der Waals surface area contributed by atoms with E-state index in [-0.39, 0.29) is 0 Å². The van der Waals surface area contributed by atoms with Crippen LogP contribution in [0.3, 0.4) is 0 Å². The maximum Gasteiger partial charge on any atom is 0.109 e. The maximum absolute atomic E-state index is 6.00. The molecule has 0 atom stereocenters. The van der Waals surface area contributed by atoms with Gasteiger partial charge in [-0.05, 0) is 18.4 Å². The number of rotatable bonds is 4. The van der Waals surface area contributed by atoms with Crippen molar-refractivity contribution in [2.24, 2.45) is 0 Å². The zero-order valence-electron chi connectivity index (χ0n) is 10.3. The van der Waals surface area contributed by atoms with E-state index in [0.717, 1.165) is 28.5 Å². The van der Waals surface area contributed by atoms with Gasteiger partial charge in [-0.2, -0.15) is 0 Å². The van der Waals surface area contributed by atoms with Gasteiger partial charge in [-0.15, -0.1) is 11.3 Å². The molecule has 90 valence electrons. The summed E-state index contributed by atoms with van der Waals surface area (Å²) < 4.78 is 0. The zero-order chi connectivity index (χ0) is 12.3. The molecular weight excluding hydrogens is 228 g/mol. The van der Waals surface area contributed by atoms with Gasteiger partial charge in [0.15, 0.2) is 0 Å². The highest BCUT2D eigenvalue weighted by Gasteiger charge is 2.10. The summed E-state index contributed by atoms with van der Waals surface area (Å²) in [4.78, 5) is 4.62. The molecule has 1 aromatic carbocycles. The summed E-state index contributed by atoms with van der Waals surface area (Å²) in [5.41, 5.74) is 8.40. The van der Waals surface area contributed by atoms with Gasteiger partial charge in [0.25, 0.3) is 0 Å². The van der Waals surface area contributed by atoms with Gasteiger partial charge in [-0.3, -0.25) is 0 Å². The smallest absolute Gasteiger partial charge is 0.109 e. The number of nitrogen functional groups attached to an aromatic ring is 1. The van der Waals surface area contributed by atoms with Crippen LogP contribution in [0, 0.1) is 0 Å². The molecule has 0 bridgehead atoms. The second-order valence-electron chi connectivity index (χ2n) is 4.50. The highest BCUT2D eigenvalue weighted by atomic mass is 32.1. The van der Waals surface area contributed by atoms with Crippen LogP contribution in [0.1, 0.15) is 36.0 Å². The molecule has 0 radical (unpaired) electrons. The number of thiazole rings is 1. The third kappa shape index (κ3) is 3.07. The lowest BCUT2D eigenvalue weighted by atomic mass is 10.1. The van der Waals surface area contributed by atoms with Crippen molar-refractivity contribution in [3.8, 4) is 0 Å². The zero-order valence-corrected chi connectivity index (χ0v) is 11.1. The molecular formula is C14H18N2S. The SMILES string of the molecule is CC(C)c1nc(CCc2ccccc2)c(N)s1. The van der Waals surface area contributed by atoms with Crippen molar-refractivity contribution in [3.63, 3.8) is 0 Å². The highest BCUT2D eigenvalue weighted by molar-refractivity contribution is 7.15. The van der Waals surface area contributed by atoms with Gasteiger partial charge >= 0.3 is 0 Å². The molecule has 2 aromatic rings. The average molecular weight is 246 g/mol. The van der Waals surface area contributed by atoms with Crippen molar-refractivity contribution in [3.05, 3.63) is 46.6 Å². The lowest BCUT2D eigenvalue weighted by Gasteiger charge is -2.00. The Morgan fingerprint density at radius 1 is 1.18 bits per heavy atom. The second kappa shape index (κ2) is 5.32. The minimum atomic E-state index is 0.466. The minimum absolute atomic E-state index is 0.466. The van der Waals surface area contributed by atoms with Crippen LogP contribution < -0.4 is 5.73 Å². The fourth-order valence-electron chi connectivity index (χ4n) is 1.72. The molecule has 0 spiro atoms. The van der Waals surface area contributed by atoms with Crippen molar-refractivity contribution < 1.29 is 0 Å². The fourth-order valence-corrected chi connectivity index (χ4v) is 2.60. The van der Waals surface area contributed by atoms with E-state index in [1.165, 1.54) is 5.56 Å². The molecule has 0 fully saturated rings. The summed E-state index contributed by atoms with van der Waals surface area (Å²) in [6, 6.07) is 10.5. The Hall–Kier alpha value is -1.35. The monoisotopic (exact) mass is 246 g/mol. The fraction of sp³-hybridized carbons (Fsp3) is 0.357. The molecule has 0 amide bonds.